The smallest absolute Gasteiger partial charge is 0.251 e. The van der Waals surface area contributed by atoms with Crippen LogP contribution in [-0.2, 0) is 12.8 Å². The van der Waals surface area contributed by atoms with E-state index in [0.29, 0.717) is 0 Å². The predicted octanol–water partition coefficient (Wildman–Crippen LogP) is -2.04. The number of H-pyrrole nitrogens is 2. The van der Waals surface area contributed by atoms with Crippen LogP contribution in [-0.4, -0.2) is 4.98 Å². The molecule has 58 valence electrons. The molecule has 10 heavy (non-hydrogen) atoms. The maximum absolute atomic E-state index is 3.26. The van der Waals surface area contributed by atoms with Gasteiger partial charge in [0.2, 0.25) is 0 Å². The summed E-state index contributed by atoms with van der Waals surface area (Å²) in [5.41, 5.74) is 1.28. The van der Waals surface area contributed by atoms with Crippen LogP contribution in [0.3, 0.4) is 0 Å². The Bertz CT molecular complexity index is 165. The first kappa shape index (κ1) is 9.50. The van der Waals surface area contributed by atoms with Gasteiger partial charge in [0.25, 0.3) is 5.82 Å². The fraction of sp³-hybridized carbons (Fsp3) is 0.571. The van der Waals surface area contributed by atoms with E-state index in [9.17, 15) is 0 Å². The molecule has 0 aliphatic carbocycles. The molecule has 1 aromatic rings. The van der Waals surface area contributed by atoms with Gasteiger partial charge >= 0.3 is 0 Å². The summed E-state index contributed by atoms with van der Waals surface area (Å²) in [5.74, 6) is 1.21. The Kier molecular flexibility index (Phi) is 4.12. The molecule has 0 aliphatic heterocycles. The molecule has 0 atom stereocenters. The van der Waals surface area contributed by atoms with Gasteiger partial charge in [0.15, 0.2) is 0 Å². The monoisotopic (exact) mass is 160 g/mol. The van der Waals surface area contributed by atoms with Crippen molar-refractivity contribution in [3.05, 3.63) is 17.7 Å². The lowest BCUT2D eigenvalue weighted by Gasteiger charge is -1.77. The molecule has 0 unspecified atom stereocenters. The summed E-state index contributed by atoms with van der Waals surface area (Å²) in [6.07, 6.45) is 4.16. The first-order chi connectivity index (χ1) is 4.36. The second kappa shape index (κ2) is 4.34. The maximum atomic E-state index is 3.26. The lowest BCUT2D eigenvalue weighted by atomic mass is 10.4. The molecule has 1 rings (SSSR count). The summed E-state index contributed by atoms with van der Waals surface area (Å²) < 4.78 is 0. The van der Waals surface area contributed by atoms with E-state index in [0.717, 1.165) is 12.8 Å². The van der Waals surface area contributed by atoms with E-state index in [2.05, 4.69) is 23.8 Å². The number of imidazole rings is 1. The summed E-state index contributed by atoms with van der Waals surface area (Å²) in [6, 6.07) is 0. The van der Waals surface area contributed by atoms with Crippen LogP contribution in [0.4, 0.5) is 0 Å². The van der Waals surface area contributed by atoms with Crippen LogP contribution in [0.15, 0.2) is 6.20 Å². The largest absolute Gasteiger partial charge is 1.00 e. The fourth-order valence-corrected chi connectivity index (χ4v) is 0.821. The number of hydrogen-bond donors (Lipinski definition) is 1. The quantitative estimate of drug-likeness (QED) is 0.517. The molecule has 0 saturated heterocycles. The van der Waals surface area contributed by atoms with E-state index in [-0.39, 0.29) is 12.4 Å². The maximum Gasteiger partial charge on any atom is 0.251 e. The molecule has 1 heterocycles. The first-order valence-electron chi connectivity index (χ1n) is 3.45. The van der Waals surface area contributed by atoms with Crippen molar-refractivity contribution >= 4 is 0 Å². The minimum absolute atomic E-state index is 0. The number of halogens is 1. The number of rotatable bonds is 2. The van der Waals surface area contributed by atoms with E-state index in [1.54, 1.807) is 0 Å². The van der Waals surface area contributed by atoms with E-state index in [1.165, 1.54) is 11.5 Å². The average Bonchev–Trinajstić information content (AvgIpc) is 2.34. The predicted molar refractivity (Wildman–Crippen MR) is 36.1 cm³/mol. The van der Waals surface area contributed by atoms with Crippen molar-refractivity contribution in [2.45, 2.75) is 26.7 Å². The van der Waals surface area contributed by atoms with Crippen LogP contribution < -0.4 is 17.4 Å². The van der Waals surface area contributed by atoms with Gasteiger partial charge in [0, 0.05) is 12.8 Å². The lowest BCUT2D eigenvalue weighted by Crippen LogP contribution is -3.00. The number of aryl methyl sites for hydroxylation is 2. The van der Waals surface area contributed by atoms with Gasteiger partial charge < -0.3 is 12.4 Å². The highest BCUT2D eigenvalue weighted by Gasteiger charge is 2.01. The van der Waals surface area contributed by atoms with Crippen molar-refractivity contribution in [2.24, 2.45) is 0 Å². The molecule has 0 amide bonds. The molecule has 0 aliphatic rings. The van der Waals surface area contributed by atoms with Crippen LogP contribution in [0, 0.1) is 0 Å². The summed E-state index contributed by atoms with van der Waals surface area (Å²) in [6.45, 7) is 4.26. The van der Waals surface area contributed by atoms with Crippen LogP contribution >= 0.6 is 0 Å². The molecule has 0 aromatic carbocycles. The Balaban J connectivity index is 0.000000810. The average molecular weight is 161 g/mol. The van der Waals surface area contributed by atoms with Gasteiger partial charge in [-0.25, -0.2) is 9.97 Å². The topological polar surface area (TPSA) is 29.9 Å². The summed E-state index contributed by atoms with van der Waals surface area (Å²) >= 11 is 0. The Hall–Kier alpha value is -0.500. The van der Waals surface area contributed by atoms with Gasteiger partial charge in [-0.15, -0.1) is 0 Å². The van der Waals surface area contributed by atoms with Crippen molar-refractivity contribution in [3.63, 3.8) is 0 Å². The fourth-order valence-electron chi connectivity index (χ4n) is 0.821. The molecule has 2 nitrogen and oxygen atoms in total. The molecular formula is C7H13ClN2. The van der Waals surface area contributed by atoms with E-state index in [1.807, 2.05) is 6.20 Å². The van der Waals surface area contributed by atoms with Crippen molar-refractivity contribution in [2.75, 3.05) is 0 Å². The minimum Gasteiger partial charge on any atom is -1.00 e. The summed E-state index contributed by atoms with van der Waals surface area (Å²) in [7, 11) is 0. The van der Waals surface area contributed by atoms with Crippen LogP contribution in [0.25, 0.3) is 0 Å². The summed E-state index contributed by atoms with van der Waals surface area (Å²) in [5, 5.41) is 0. The third kappa shape index (κ3) is 2.03. The summed E-state index contributed by atoms with van der Waals surface area (Å²) in [4.78, 5) is 6.41. The van der Waals surface area contributed by atoms with Crippen LogP contribution in [0.2, 0.25) is 0 Å². The lowest BCUT2D eigenvalue weighted by molar-refractivity contribution is -0.388. The molecule has 0 saturated carbocycles. The number of hydrogen-bond acceptors (Lipinski definition) is 0. The van der Waals surface area contributed by atoms with Crippen LogP contribution in [0.5, 0.6) is 0 Å². The number of aromatic nitrogens is 2. The van der Waals surface area contributed by atoms with Gasteiger partial charge in [0.1, 0.15) is 11.9 Å². The van der Waals surface area contributed by atoms with Crippen LogP contribution in [0.1, 0.15) is 25.4 Å². The molecular weight excluding hydrogens is 148 g/mol. The zero-order valence-electron chi connectivity index (χ0n) is 6.37. The minimum atomic E-state index is 0. The van der Waals surface area contributed by atoms with E-state index in [4.69, 9.17) is 0 Å². The third-order valence-electron chi connectivity index (χ3n) is 1.47. The highest BCUT2D eigenvalue weighted by atomic mass is 35.5. The molecule has 3 heteroatoms. The van der Waals surface area contributed by atoms with Crippen molar-refractivity contribution in [3.8, 4) is 0 Å². The Labute approximate surface area is 67.5 Å². The zero-order chi connectivity index (χ0) is 6.69. The Morgan fingerprint density at radius 2 is 2.10 bits per heavy atom. The molecule has 1 aromatic heterocycles. The van der Waals surface area contributed by atoms with Gasteiger partial charge in [-0.2, -0.15) is 0 Å². The second-order valence-electron chi connectivity index (χ2n) is 2.12. The van der Waals surface area contributed by atoms with Gasteiger partial charge in [-0.3, -0.25) is 0 Å². The van der Waals surface area contributed by atoms with Gasteiger partial charge in [-0.1, -0.05) is 13.8 Å². The van der Waals surface area contributed by atoms with E-state index < -0.39 is 0 Å². The molecule has 0 bridgehead atoms. The molecule has 0 fully saturated rings. The normalized spacial score (nSPS) is 9.00. The molecule has 2 N–H and O–H groups in total. The van der Waals surface area contributed by atoms with Crippen molar-refractivity contribution in [1.29, 1.82) is 0 Å². The first-order valence-corrected chi connectivity index (χ1v) is 3.45. The molecule has 0 radical (unpaired) electrons. The SMILES string of the molecule is CCc1c[nH+]c(CC)[nH]1.[Cl-]. The Morgan fingerprint density at radius 3 is 2.40 bits per heavy atom. The highest BCUT2D eigenvalue weighted by molar-refractivity contribution is 4.92. The zero-order valence-corrected chi connectivity index (χ0v) is 7.13. The van der Waals surface area contributed by atoms with Gasteiger partial charge in [0.05, 0.1) is 0 Å². The van der Waals surface area contributed by atoms with Crippen molar-refractivity contribution < 1.29 is 17.4 Å². The number of nitrogens with one attached hydrogen (secondary N) is 2. The highest BCUT2D eigenvalue weighted by Crippen LogP contribution is 1.92. The number of aromatic amines is 2. The Morgan fingerprint density at radius 1 is 1.40 bits per heavy atom. The molecule has 0 spiro atoms. The standard InChI is InChI=1S/C7H12N2.ClH/c1-3-6-5-8-7(4-2)9-6;/h5H,3-4H2,1-2H3,(H,8,9);1H. The van der Waals surface area contributed by atoms with E-state index >= 15 is 0 Å². The van der Waals surface area contributed by atoms with Gasteiger partial charge in [-0.05, 0) is 0 Å². The van der Waals surface area contributed by atoms with Crippen molar-refractivity contribution in [1.82, 2.24) is 4.98 Å². The third-order valence-corrected chi connectivity index (χ3v) is 1.47. The second-order valence-corrected chi connectivity index (χ2v) is 2.12.